The highest BCUT2D eigenvalue weighted by Crippen LogP contribution is 2.42. The molecule has 1 heterocycles. The summed E-state index contributed by atoms with van der Waals surface area (Å²) in [6.07, 6.45) is -0.661. The van der Waals surface area contributed by atoms with Crippen molar-refractivity contribution in [2.75, 3.05) is 21.3 Å². The topological polar surface area (TPSA) is 116 Å². The number of carbonyl (C=O) groups excluding carboxylic acids is 4. The quantitative estimate of drug-likeness (QED) is 0.470. The van der Waals surface area contributed by atoms with Crippen LogP contribution >= 0.6 is 11.6 Å². The minimum Gasteiger partial charge on any atom is -0.495 e. The fraction of sp³-hybridized carbons (Fsp3) is 0.333. The van der Waals surface area contributed by atoms with Gasteiger partial charge in [-0.05, 0) is 17.7 Å². The first kappa shape index (κ1) is 17.7. The van der Waals surface area contributed by atoms with Crippen LogP contribution in [0.3, 0.4) is 0 Å². The molecule has 1 unspecified atom stereocenters. The fourth-order valence-electron chi connectivity index (χ4n) is 2.79. The minimum absolute atomic E-state index is 0.00463. The number of esters is 1. The molecule has 2 rings (SSSR count). The average molecular weight is 355 g/mol. The third-order valence-electron chi connectivity index (χ3n) is 3.93. The van der Waals surface area contributed by atoms with E-state index in [1.54, 1.807) is 0 Å². The van der Waals surface area contributed by atoms with Crippen molar-refractivity contribution in [1.29, 1.82) is 0 Å². The van der Waals surface area contributed by atoms with Crippen molar-refractivity contribution in [3.05, 3.63) is 28.3 Å². The number of nitrogens with zero attached hydrogens (tertiary/aromatic N) is 1. The molecule has 9 heteroatoms. The zero-order valence-electron chi connectivity index (χ0n) is 13.2. The molecule has 1 aromatic carbocycles. The number of benzene rings is 1. The van der Waals surface area contributed by atoms with Crippen molar-refractivity contribution in [3.8, 4) is 5.75 Å². The van der Waals surface area contributed by atoms with E-state index in [2.05, 4.69) is 0 Å². The number of hydrogen-bond donors (Lipinski definition) is 1. The molecule has 1 aliphatic heterocycles. The summed E-state index contributed by atoms with van der Waals surface area (Å²) in [4.78, 5) is 49.9. The van der Waals surface area contributed by atoms with Gasteiger partial charge in [0.25, 0.3) is 11.8 Å². The number of imide groups is 1. The Labute approximate surface area is 142 Å². The van der Waals surface area contributed by atoms with Crippen LogP contribution in [0.15, 0.2) is 12.1 Å². The Morgan fingerprint density at radius 3 is 2.42 bits per heavy atom. The van der Waals surface area contributed by atoms with Crippen molar-refractivity contribution in [3.63, 3.8) is 0 Å². The van der Waals surface area contributed by atoms with Gasteiger partial charge < -0.3 is 15.2 Å². The normalized spacial score (nSPS) is 19.8. The number of primary amides is 1. The van der Waals surface area contributed by atoms with Gasteiger partial charge in [0.1, 0.15) is 5.75 Å². The van der Waals surface area contributed by atoms with Gasteiger partial charge in [0.15, 0.2) is 5.41 Å². The van der Waals surface area contributed by atoms with Crippen LogP contribution in [-0.2, 0) is 24.5 Å². The molecule has 128 valence electrons. The van der Waals surface area contributed by atoms with E-state index < -0.39 is 35.5 Å². The van der Waals surface area contributed by atoms with Gasteiger partial charge in [-0.2, -0.15) is 0 Å². The van der Waals surface area contributed by atoms with E-state index in [0.29, 0.717) is 0 Å². The van der Waals surface area contributed by atoms with Crippen LogP contribution in [0.5, 0.6) is 5.75 Å². The third kappa shape index (κ3) is 2.39. The highest BCUT2D eigenvalue weighted by molar-refractivity contribution is 6.33. The van der Waals surface area contributed by atoms with Crippen LogP contribution in [0.2, 0.25) is 5.02 Å². The zero-order valence-corrected chi connectivity index (χ0v) is 14.0. The summed E-state index contributed by atoms with van der Waals surface area (Å²) in [6, 6.07) is 2.56. The molecule has 1 aromatic rings. The first-order chi connectivity index (χ1) is 11.2. The van der Waals surface area contributed by atoms with Gasteiger partial charge in [0.2, 0.25) is 5.91 Å². The number of halogens is 1. The molecule has 24 heavy (non-hydrogen) atoms. The number of nitrogens with two attached hydrogens (primary N) is 1. The second kappa shape index (κ2) is 6.12. The van der Waals surface area contributed by atoms with Crippen molar-refractivity contribution < 1.29 is 28.7 Å². The first-order valence-electron chi connectivity index (χ1n) is 6.78. The molecule has 2 N–H and O–H groups in total. The number of likely N-dealkylation sites (N-methyl/N-ethyl adjacent to an activating group) is 1. The van der Waals surface area contributed by atoms with E-state index in [-0.39, 0.29) is 21.9 Å². The highest BCUT2D eigenvalue weighted by Gasteiger charge is 2.57. The molecule has 0 aliphatic carbocycles. The van der Waals surface area contributed by atoms with Gasteiger partial charge in [-0.1, -0.05) is 11.6 Å². The minimum atomic E-state index is -2.07. The molecular weight excluding hydrogens is 340 g/mol. The van der Waals surface area contributed by atoms with Gasteiger partial charge in [0.05, 0.1) is 25.7 Å². The Kier molecular flexibility index (Phi) is 4.52. The second-order valence-corrected chi connectivity index (χ2v) is 5.65. The summed E-state index contributed by atoms with van der Waals surface area (Å²) in [6.45, 7) is 0. The number of carbonyl (C=O) groups is 4. The Morgan fingerprint density at radius 2 is 1.92 bits per heavy atom. The summed E-state index contributed by atoms with van der Waals surface area (Å²) < 4.78 is 9.78. The summed E-state index contributed by atoms with van der Waals surface area (Å²) in [5.74, 6) is -3.30. The van der Waals surface area contributed by atoms with Crippen molar-refractivity contribution >= 4 is 35.3 Å². The molecule has 8 nitrogen and oxygen atoms in total. The number of ether oxygens (including phenoxy) is 2. The monoisotopic (exact) mass is 354 g/mol. The Morgan fingerprint density at radius 1 is 1.29 bits per heavy atom. The van der Waals surface area contributed by atoms with Crippen LogP contribution in [0, 0.1) is 0 Å². The van der Waals surface area contributed by atoms with Crippen molar-refractivity contribution in [2.24, 2.45) is 5.73 Å². The Bertz CT molecular complexity index is 763. The maximum absolute atomic E-state index is 12.7. The molecule has 0 saturated carbocycles. The smallest absolute Gasteiger partial charge is 0.326 e. The van der Waals surface area contributed by atoms with E-state index in [9.17, 15) is 19.2 Å². The lowest BCUT2D eigenvalue weighted by Gasteiger charge is -2.38. The lowest BCUT2D eigenvalue weighted by Crippen LogP contribution is -2.58. The SMILES string of the molecule is COC(=O)C1(CC(N)=O)C(=O)N(C)C(=O)c2cc(OC)c(Cl)cc21. The molecule has 0 aromatic heterocycles. The Balaban J connectivity index is 2.89. The summed E-state index contributed by atoms with van der Waals surface area (Å²) in [5, 5.41) is 0.0687. The standard InChI is InChI=1S/C15H15ClN2O6/c1-18-12(20)7-4-10(23-2)9(16)5-8(7)15(13(18)21,6-11(17)19)14(22)24-3/h4-5H,6H2,1-3H3,(H2,17,19). The zero-order chi connectivity index (χ0) is 18.2. The molecule has 1 atom stereocenters. The predicted octanol–water partition coefficient (Wildman–Crippen LogP) is 0.247. The van der Waals surface area contributed by atoms with E-state index >= 15 is 0 Å². The molecule has 1 aliphatic rings. The number of methoxy groups -OCH3 is 2. The first-order valence-corrected chi connectivity index (χ1v) is 7.15. The van der Waals surface area contributed by atoms with E-state index in [1.807, 2.05) is 0 Å². The maximum atomic E-state index is 12.7. The van der Waals surface area contributed by atoms with Gasteiger partial charge in [-0.25, -0.2) is 0 Å². The van der Waals surface area contributed by atoms with Gasteiger partial charge in [0, 0.05) is 12.6 Å². The van der Waals surface area contributed by atoms with Crippen LogP contribution in [0.4, 0.5) is 0 Å². The second-order valence-electron chi connectivity index (χ2n) is 5.24. The lowest BCUT2D eigenvalue weighted by atomic mass is 9.71. The number of fused-ring (bicyclic) bond motifs is 1. The van der Waals surface area contributed by atoms with Gasteiger partial charge in [-0.3, -0.25) is 24.1 Å². The molecule has 0 saturated heterocycles. The molecule has 0 fully saturated rings. The Hall–Kier alpha value is -2.61. The van der Waals surface area contributed by atoms with Gasteiger partial charge >= 0.3 is 5.97 Å². The van der Waals surface area contributed by atoms with E-state index in [4.69, 9.17) is 26.8 Å². The molecular formula is C15H15ClN2O6. The van der Waals surface area contributed by atoms with Gasteiger partial charge in [-0.15, -0.1) is 0 Å². The lowest BCUT2D eigenvalue weighted by molar-refractivity contribution is -0.157. The predicted molar refractivity (Wildman–Crippen MR) is 82.6 cm³/mol. The summed E-state index contributed by atoms with van der Waals surface area (Å²) in [5.41, 5.74) is 3.13. The molecule has 0 spiro atoms. The van der Waals surface area contributed by atoms with Crippen LogP contribution in [0.25, 0.3) is 0 Å². The number of rotatable bonds is 4. The van der Waals surface area contributed by atoms with Crippen molar-refractivity contribution in [1.82, 2.24) is 4.90 Å². The largest absolute Gasteiger partial charge is 0.495 e. The highest BCUT2D eigenvalue weighted by atomic mass is 35.5. The summed E-state index contributed by atoms with van der Waals surface area (Å²) in [7, 11) is 3.62. The number of hydrogen-bond acceptors (Lipinski definition) is 6. The maximum Gasteiger partial charge on any atom is 0.326 e. The average Bonchev–Trinajstić information content (AvgIpc) is 2.55. The molecule has 0 bridgehead atoms. The van der Waals surface area contributed by atoms with Crippen LogP contribution in [-0.4, -0.2) is 49.9 Å². The molecule has 0 radical (unpaired) electrons. The van der Waals surface area contributed by atoms with Crippen molar-refractivity contribution in [2.45, 2.75) is 11.8 Å². The van der Waals surface area contributed by atoms with Crippen LogP contribution < -0.4 is 10.5 Å². The number of amides is 3. The summed E-state index contributed by atoms with van der Waals surface area (Å²) >= 11 is 6.08. The van der Waals surface area contributed by atoms with Crippen LogP contribution in [0.1, 0.15) is 22.3 Å². The third-order valence-corrected chi connectivity index (χ3v) is 4.23. The fourth-order valence-corrected chi connectivity index (χ4v) is 3.03. The van der Waals surface area contributed by atoms with E-state index in [0.717, 1.165) is 12.0 Å². The van der Waals surface area contributed by atoms with E-state index in [1.165, 1.54) is 26.3 Å². The molecule has 3 amide bonds.